The first-order chi connectivity index (χ1) is 11.7. The summed E-state index contributed by atoms with van der Waals surface area (Å²) in [5.74, 6) is 0.851. The fraction of sp³-hybridized carbons (Fsp3) is 0.167. The van der Waals surface area contributed by atoms with E-state index in [4.69, 9.17) is 4.52 Å². The molecule has 1 amide bonds. The summed E-state index contributed by atoms with van der Waals surface area (Å²) in [7, 11) is 0. The van der Waals surface area contributed by atoms with Gasteiger partial charge in [-0.1, -0.05) is 63.6 Å². The molecule has 1 aromatic heterocycles. The highest BCUT2D eigenvalue weighted by molar-refractivity contribution is 9.10. The fourth-order valence-electron chi connectivity index (χ4n) is 2.24. The number of amides is 1. The molecule has 3 rings (SSSR count). The number of nitrogens with one attached hydrogen (secondary N) is 1. The molecule has 0 unspecified atom stereocenters. The minimum atomic E-state index is -0.0407. The third kappa shape index (κ3) is 4.52. The molecule has 0 spiro atoms. The van der Waals surface area contributed by atoms with Crippen molar-refractivity contribution in [3.8, 4) is 11.4 Å². The van der Waals surface area contributed by atoms with Gasteiger partial charge < -0.3 is 9.84 Å². The van der Waals surface area contributed by atoms with Crippen LogP contribution >= 0.6 is 15.9 Å². The average Bonchev–Trinajstić information content (AvgIpc) is 3.08. The number of carbonyl (C=O) groups excluding carboxylic acids is 1. The van der Waals surface area contributed by atoms with Crippen LogP contribution in [-0.2, 0) is 17.8 Å². The van der Waals surface area contributed by atoms with Crippen LogP contribution in [0, 0.1) is 0 Å². The second-order valence-corrected chi connectivity index (χ2v) is 6.20. The summed E-state index contributed by atoms with van der Waals surface area (Å²) in [5, 5.41) is 6.74. The fourth-order valence-corrected chi connectivity index (χ4v) is 2.64. The van der Waals surface area contributed by atoms with Crippen LogP contribution in [0.15, 0.2) is 63.6 Å². The van der Waals surface area contributed by atoms with Crippen LogP contribution < -0.4 is 5.32 Å². The first-order valence-electron chi connectivity index (χ1n) is 7.60. The van der Waals surface area contributed by atoms with Gasteiger partial charge in [-0.3, -0.25) is 4.79 Å². The van der Waals surface area contributed by atoms with Gasteiger partial charge in [0.15, 0.2) is 0 Å². The third-order valence-electron chi connectivity index (χ3n) is 3.47. The van der Waals surface area contributed by atoms with E-state index in [-0.39, 0.29) is 12.5 Å². The molecule has 0 atom stereocenters. The SMILES string of the molecule is O=C(CCc1ccccc1)NCc1nc(-c2cccc(Br)c2)no1. The lowest BCUT2D eigenvalue weighted by Gasteiger charge is -2.02. The Morgan fingerprint density at radius 3 is 2.75 bits per heavy atom. The molecule has 5 nitrogen and oxygen atoms in total. The largest absolute Gasteiger partial charge is 0.347 e. The van der Waals surface area contributed by atoms with Crippen molar-refractivity contribution in [2.24, 2.45) is 0 Å². The summed E-state index contributed by atoms with van der Waals surface area (Å²) in [6, 6.07) is 17.6. The van der Waals surface area contributed by atoms with Crippen LogP contribution in [0.5, 0.6) is 0 Å². The van der Waals surface area contributed by atoms with Gasteiger partial charge in [0.2, 0.25) is 17.6 Å². The number of hydrogen-bond donors (Lipinski definition) is 1. The number of carbonyl (C=O) groups is 1. The lowest BCUT2D eigenvalue weighted by atomic mass is 10.1. The Labute approximate surface area is 148 Å². The lowest BCUT2D eigenvalue weighted by Crippen LogP contribution is -2.23. The molecule has 2 aromatic carbocycles. The third-order valence-corrected chi connectivity index (χ3v) is 3.96. The maximum Gasteiger partial charge on any atom is 0.246 e. The van der Waals surface area contributed by atoms with E-state index in [1.165, 1.54) is 0 Å². The van der Waals surface area contributed by atoms with Gasteiger partial charge in [0, 0.05) is 16.5 Å². The van der Waals surface area contributed by atoms with Gasteiger partial charge in [0.05, 0.1) is 6.54 Å². The summed E-state index contributed by atoms with van der Waals surface area (Å²) in [6.07, 6.45) is 1.14. The predicted octanol–water partition coefficient (Wildman–Crippen LogP) is 3.75. The van der Waals surface area contributed by atoms with E-state index in [0.717, 1.165) is 15.6 Å². The molecule has 0 saturated heterocycles. The highest BCUT2D eigenvalue weighted by atomic mass is 79.9. The van der Waals surface area contributed by atoms with Crippen molar-refractivity contribution in [2.75, 3.05) is 0 Å². The first-order valence-corrected chi connectivity index (χ1v) is 8.39. The van der Waals surface area contributed by atoms with Crippen molar-refractivity contribution in [1.82, 2.24) is 15.5 Å². The molecule has 0 aliphatic carbocycles. The molecule has 0 radical (unpaired) electrons. The van der Waals surface area contributed by atoms with E-state index < -0.39 is 0 Å². The lowest BCUT2D eigenvalue weighted by molar-refractivity contribution is -0.121. The summed E-state index contributed by atoms with van der Waals surface area (Å²) in [5.41, 5.74) is 2.00. The summed E-state index contributed by atoms with van der Waals surface area (Å²) >= 11 is 3.41. The van der Waals surface area contributed by atoms with Gasteiger partial charge in [0.1, 0.15) is 0 Å². The summed E-state index contributed by atoms with van der Waals surface area (Å²) in [6.45, 7) is 0.231. The van der Waals surface area contributed by atoms with Crippen molar-refractivity contribution < 1.29 is 9.32 Å². The van der Waals surface area contributed by atoms with E-state index in [2.05, 4.69) is 31.4 Å². The van der Waals surface area contributed by atoms with Crippen LogP contribution in [0.1, 0.15) is 17.9 Å². The molecule has 0 bridgehead atoms. The van der Waals surface area contributed by atoms with E-state index in [9.17, 15) is 4.79 Å². The van der Waals surface area contributed by atoms with Gasteiger partial charge in [-0.25, -0.2) is 0 Å². The summed E-state index contributed by atoms with van der Waals surface area (Å²) < 4.78 is 6.13. The van der Waals surface area contributed by atoms with Gasteiger partial charge in [-0.15, -0.1) is 0 Å². The smallest absolute Gasteiger partial charge is 0.246 e. The number of rotatable bonds is 6. The predicted molar refractivity (Wildman–Crippen MR) is 94.0 cm³/mol. The average molecular weight is 386 g/mol. The van der Waals surface area contributed by atoms with Crippen LogP contribution in [0.4, 0.5) is 0 Å². The maximum atomic E-state index is 11.9. The number of nitrogens with zero attached hydrogens (tertiary/aromatic N) is 2. The molecule has 0 aliphatic heterocycles. The zero-order valence-corrected chi connectivity index (χ0v) is 14.5. The molecule has 0 saturated carbocycles. The zero-order valence-electron chi connectivity index (χ0n) is 12.9. The van der Waals surface area contributed by atoms with Gasteiger partial charge in [-0.05, 0) is 24.1 Å². The van der Waals surface area contributed by atoms with Crippen molar-refractivity contribution in [2.45, 2.75) is 19.4 Å². The molecule has 0 fully saturated rings. The Hall–Kier alpha value is -2.47. The molecule has 0 aliphatic rings. The van der Waals surface area contributed by atoms with E-state index in [1.807, 2.05) is 54.6 Å². The first kappa shape index (κ1) is 16.4. The Morgan fingerprint density at radius 2 is 1.96 bits per heavy atom. The molecule has 6 heteroatoms. The van der Waals surface area contributed by atoms with E-state index in [1.54, 1.807) is 0 Å². The molecule has 1 heterocycles. The zero-order chi connectivity index (χ0) is 16.8. The Balaban J connectivity index is 1.51. The van der Waals surface area contributed by atoms with E-state index >= 15 is 0 Å². The van der Waals surface area contributed by atoms with Crippen LogP contribution in [-0.4, -0.2) is 16.0 Å². The Morgan fingerprint density at radius 1 is 1.12 bits per heavy atom. The summed E-state index contributed by atoms with van der Waals surface area (Å²) in [4.78, 5) is 16.2. The minimum absolute atomic E-state index is 0.0407. The number of halogens is 1. The Kier molecular flexibility index (Phi) is 5.38. The Bertz CT molecular complexity index is 818. The van der Waals surface area contributed by atoms with Gasteiger partial charge in [-0.2, -0.15) is 4.98 Å². The normalized spacial score (nSPS) is 10.5. The van der Waals surface area contributed by atoms with Gasteiger partial charge >= 0.3 is 0 Å². The maximum absolute atomic E-state index is 11.9. The molecule has 1 N–H and O–H groups in total. The van der Waals surface area contributed by atoms with Crippen LogP contribution in [0.25, 0.3) is 11.4 Å². The van der Waals surface area contributed by atoms with Crippen molar-refractivity contribution in [3.05, 3.63) is 70.5 Å². The monoisotopic (exact) mass is 385 g/mol. The van der Waals surface area contributed by atoms with Crippen molar-refractivity contribution >= 4 is 21.8 Å². The minimum Gasteiger partial charge on any atom is -0.347 e. The number of aromatic nitrogens is 2. The number of benzene rings is 2. The molecule has 122 valence electrons. The van der Waals surface area contributed by atoms with Crippen LogP contribution in [0.2, 0.25) is 0 Å². The van der Waals surface area contributed by atoms with Crippen molar-refractivity contribution in [1.29, 1.82) is 0 Å². The standard InChI is InChI=1S/C18H16BrN3O2/c19-15-8-4-7-14(11-15)18-21-17(24-22-18)12-20-16(23)10-9-13-5-2-1-3-6-13/h1-8,11H,9-10,12H2,(H,20,23). The quantitative estimate of drug-likeness (QED) is 0.701. The molecule has 24 heavy (non-hydrogen) atoms. The highest BCUT2D eigenvalue weighted by Crippen LogP contribution is 2.20. The highest BCUT2D eigenvalue weighted by Gasteiger charge is 2.10. The molecular weight excluding hydrogens is 370 g/mol. The second kappa shape index (κ2) is 7.88. The molecular formula is C18H16BrN3O2. The number of aryl methyl sites for hydroxylation is 1. The topological polar surface area (TPSA) is 68.0 Å². The number of hydrogen-bond acceptors (Lipinski definition) is 4. The van der Waals surface area contributed by atoms with E-state index in [0.29, 0.717) is 24.6 Å². The second-order valence-electron chi connectivity index (χ2n) is 5.28. The van der Waals surface area contributed by atoms with Gasteiger partial charge in [0.25, 0.3) is 0 Å². The van der Waals surface area contributed by atoms with Crippen molar-refractivity contribution in [3.63, 3.8) is 0 Å². The van der Waals surface area contributed by atoms with Crippen LogP contribution in [0.3, 0.4) is 0 Å². The molecule has 3 aromatic rings.